The molecule has 1 fully saturated rings. The number of nitrogens with one attached hydrogen (secondary N) is 1. The van der Waals surface area contributed by atoms with Crippen molar-refractivity contribution in [3.63, 3.8) is 0 Å². The van der Waals surface area contributed by atoms with Gasteiger partial charge >= 0.3 is 0 Å². The highest BCUT2D eigenvalue weighted by molar-refractivity contribution is 7.98. The van der Waals surface area contributed by atoms with Gasteiger partial charge in [0.15, 0.2) is 0 Å². The van der Waals surface area contributed by atoms with Crippen LogP contribution in [0.3, 0.4) is 0 Å². The maximum atomic E-state index is 12.5. The molecule has 9 heteroatoms. The standard InChI is InChI=1S/C20H26N6O2S/c1-24-20(15-13-29-14-16(15)23-24)22-18(27)6-4-7-19(28)26-11-9-25(10-12-26)17-5-2-3-8-21-17/h2-3,5,8H,4,6-7,9-14H2,1H3,(H,22,27). The van der Waals surface area contributed by atoms with E-state index in [1.54, 1.807) is 10.9 Å². The zero-order valence-electron chi connectivity index (χ0n) is 16.6. The van der Waals surface area contributed by atoms with Crippen LogP contribution in [0.1, 0.15) is 30.5 Å². The van der Waals surface area contributed by atoms with E-state index in [1.165, 1.54) is 0 Å². The van der Waals surface area contributed by atoms with Crippen molar-refractivity contribution in [2.75, 3.05) is 36.4 Å². The molecule has 0 bridgehead atoms. The van der Waals surface area contributed by atoms with Crippen molar-refractivity contribution >= 4 is 35.2 Å². The largest absolute Gasteiger partial charge is 0.353 e. The number of hydrogen-bond donors (Lipinski definition) is 1. The van der Waals surface area contributed by atoms with Gasteiger partial charge in [-0.1, -0.05) is 6.07 Å². The average Bonchev–Trinajstić information content (AvgIpc) is 3.31. The lowest BCUT2D eigenvalue weighted by Gasteiger charge is -2.35. The van der Waals surface area contributed by atoms with Gasteiger partial charge in [0.2, 0.25) is 11.8 Å². The molecule has 2 aromatic heterocycles. The van der Waals surface area contributed by atoms with Gasteiger partial charge in [-0.3, -0.25) is 14.3 Å². The number of amides is 2. The Bertz CT molecular complexity index is 877. The van der Waals surface area contributed by atoms with E-state index in [4.69, 9.17) is 0 Å². The smallest absolute Gasteiger partial charge is 0.225 e. The number of pyridine rings is 1. The number of anilines is 2. The molecule has 0 radical (unpaired) electrons. The Morgan fingerprint density at radius 1 is 1.14 bits per heavy atom. The van der Waals surface area contributed by atoms with Crippen LogP contribution >= 0.6 is 11.8 Å². The molecule has 0 aliphatic carbocycles. The van der Waals surface area contributed by atoms with Crippen molar-refractivity contribution in [3.05, 3.63) is 35.7 Å². The number of hydrogen-bond acceptors (Lipinski definition) is 6. The second kappa shape index (κ2) is 8.86. The van der Waals surface area contributed by atoms with Crippen molar-refractivity contribution in [2.24, 2.45) is 7.05 Å². The summed E-state index contributed by atoms with van der Waals surface area (Å²) in [5.74, 6) is 3.61. The van der Waals surface area contributed by atoms with Gasteiger partial charge in [0.25, 0.3) is 0 Å². The first-order valence-electron chi connectivity index (χ1n) is 9.98. The van der Waals surface area contributed by atoms with Gasteiger partial charge in [-0.05, 0) is 18.6 Å². The second-order valence-corrected chi connectivity index (χ2v) is 8.33. The molecular weight excluding hydrogens is 388 g/mol. The van der Waals surface area contributed by atoms with Gasteiger partial charge in [0, 0.05) is 69.3 Å². The summed E-state index contributed by atoms with van der Waals surface area (Å²) in [6.45, 7) is 2.96. The van der Waals surface area contributed by atoms with Crippen molar-refractivity contribution in [1.29, 1.82) is 0 Å². The minimum absolute atomic E-state index is 0.0551. The number of rotatable bonds is 6. The van der Waals surface area contributed by atoms with E-state index < -0.39 is 0 Å². The number of thioether (sulfide) groups is 1. The van der Waals surface area contributed by atoms with Crippen LogP contribution in [0.5, 0.6) is 0 Å². The highest BCUT2D eigenvalue weighted by Crippen LogP contribution is 2.34. The van der Waals surface area contributed by atoms with Gasteiger partial charge in [0.1, 0.15) is 11.6 Å². The molecule has 1 saturated heterocycles. The summed E-state index contributed by atoms with van der Waals surface area (Å²) in [7, 11) is 1.85. The lowest BCUT2D eigenvalue weighted by Crippen LogP contribution is -2.49. The predicted molar refractivity (Wildman–Crippen MR) is 114 cm³/mol. The van der Waals surface area contributed by atoms with E-state index in [1.807, 2.05) is 41.9 Å². The number of carbonyl (C=O) groups excluding carboxylic acids is 2. The summed E-state index contributed by atoms with van der Waals surface area (Å²) >= 11 is 1.81. The summed E-state index contributed by atoms with van der Waals surface area (Å²) in [5, 5.41) is 7.43. The van der Waals surface area contributed by atoms with E-state index >= 15 is 0 Å². The first-order chi connectivity index (χ1) is 14.1. The SMILES string of the molecule is Cn1nc2c(c1NC(=O)CCCC(=O)N1CCN(c3ccccn3)CC1)CSC2. The predicted octanol–water partition coefficient (Wildman–Crippen LogP) is 2.02. The van der Waals surface area contributed by atoms with Gasteiger partial charge in [-0.25, -0.2) is 4.98 Å². The Morgan fingerprint density at radius 2 is 1.97 bits per heavy atom. The van der Waals surface area contributed by atoms with Crippen LogP contribution in [-0.4, -0.2) is 57.7 Å². The van der Waals surface area contributed by atoms with E-state index in [0.29, 0.717) is 32.4 Å². The summed E-state index contributed by atoms with van der Waals surface area (Å²) in [4.78, 5) is 33.3. The van der Waals surface area contributed by atoms with Crippen molar-refractivity contribution in [1.82, 2.24) is 19.7 Å². The molecule has 1 N–H and O–H groups in total. The summed E-state index contributed by atoms with van der Waals surface area (Å²) in [5.41, 5.74) is 2.19. The summed E-state index contributed by atoms with van der Waals surface area (Å²) in [6.07, 6.45) is 3.08. The summed E-state index contributed by atoms with van der Waals surface area (Å²) < 4.78 is 1.74. The third-order valence-electron chi connectivity index (χ3n) is 5.37. The molecule has 4 rings (SSSR count). The zero-order valence-corrected chi connectivity index (χ0v) is 17.5. The quantitative estimate of drug-likeness (QED) is 0.779. The molecule has 0 saturated carbocycles. The molecule has 2 amide bonds. The maximum Gasteiger partial charge on any atom is 0.225 e. The third-order valence-corrected chi connectivity index (χ3v) is 6.34. The molecule has 154 valence electrons. The van der Waals surface area contributed by atoms with Crippen LogP contribution in [0.4, 0.5) is 11.6 Å². The molecule has 4 heterocycles. The molecule has 8 nitrogen and oxygen atoms in total. The number of piperazine rings is 1. The van der Waals surface area contributed by atoms with Crippen molar-refractivity contribution in [3.8, 4) is 0 Å². The van der Waals surface area contributed by atoms with Gasteiger partial charge in [-0.2, -0.15) is 16.9 Å². The fourth-order valence-corrected chi connectivity index (χ4v) is 4.81. The fraction of sp³-hybridized carbons (Fsp3) is 0.500. The number of aromatic nitrogens is 3. The van der Waals surface area contributed by atoms with E-state index in [0.717, 1.165) is 47.5 Å². The third kappa shape index (κ3) is 4.55. The number of fused-ring (bicyclic) bond motifs is 1. The van der Waals surface area contributed by atoms with Gasteiger partial charge < -0.3 is 15.1 Å². The molecule has 2 aliphatic heterocycles. The normalized spacial score (nSPS) is 16.0. The molecule has 0 unspecified atom stereocenters. The molecule has 0 atom stereocenters. The van der Waals surface area contributed by atoms with Gasteiger partial charge in [0.05, 0.1) is 5.69 Å². The minimum atomic E-state index is -0.0551. The number of aryl methyl sites for hydroxylation is 1. The van der Waals surface area contributed by atoms with Crippen LogP contribution in [0.2, 0.25) is 0 Å². The first-order valence-corrected chi connectivity index (χ1v) is 11.1. The lowest BCUT2D eigenvalue weighted by molar-refractivity contribution is -0.131. The highest BCUT2D eigenvalue weighted by atomic mass is 32.2. The topological polar surface area (TPSA) is 83.4 Å². The van der Waals surface area contributed by atoms with Crippen molar-refractivity contribution in [2.45, 2.75) is 30.8 Å². The fourth-order valence-electron chi connectivity index (χ4n) is 3.78. The van der Waals surface area contributed by atoms with Crippen LogP contribution in [0, 0.1) is 0 Å². The van der Waals surface area contributed by atoms with Crippen LogP contribution in [0.25, 0.3) is 0 Å². The molecular formula is C20H26N6O2S. The Labute approximate surface area is 174 Å². The molecule has 2 aromatic rings. The number of nitrogens with zero attached hydrogens (tertiary/aromatic N) is 5. The van der Waals surface area contributed by atoms with Crippen LogP contribution < -0.4 is 10.2 Å². The van der Waals surface area contributed by atoms with Crippen molar-refractivity contribution < 1.29 is 9.59 Å². The lowest BCUT2D eigenvalue weighted by atomic mass is 10.2. The Balaban J connectivity index is 1.19. The Kier molecular flexibility index (Phi) is 6.03. The zero-order chi connectivity index (χ0) is 20.2. The van der Waals surface area contributed by atoms with E-state index in [2.05, 4.69) is 20.3 Å². The molecule has 29 heavy (non-hydrogen) atoms. The van der Waals surface area contributed by atoms with Gasteiger partial charge in [-0.15, -0.1) is 0 Å². The molecule has 2 aliphatic rings. The monoisotopic (exact) mass is 414 g/mol. The van der Waals surface area contributed by atoms with E-state index in [-0.39, 0.29) is 11.8 Å². The summed E-state index contributed by atoms with van der Waals surface area (Å²) in [6, 6.07) is 5.87. The first kappa shape index (κ1) is 19.8. The maximum absolute atomic E-state index is 12.5. The molecule has 0 spiro atoms. The molecule has 0 aromatic carbocycles. The minimum Gasteiger partial charge on any atom is -0.353 e. The highest BCUT2D eigenvalue weighted by Gasteiger charge is 2.23. The van der Waals surface area contributed by atoms with Crippen LogP contribution in [0.15, 0.2) is 24.4 Å². The van der Waals surface area contributed by atoms with E-state index in [9.17, 15) is 9.59 Å². The number of carbonyl (C=O) groups is 2. The van der Waals surface area contributed by atoms with Crippen LogP contribution in [-0.2, 0) is 28.1 Å². The average molecular weight is 415 g/mol. The Morgan fingerprint density at radius 3 is 2.72 bits per heavy atom. The second-order valence-electron chi connectivity index (χ2n) is 7.35. The Hall–Kier alpha value is -2.55.